The summed E-state index contributed by atoms with van der Waals surface area (Å²) in [4.78, 5) is 58.8. The van der Waals surface area contributed by atoms with Crippen molar-refractivity contribution in [2.45, 2.75) is 50.9 Å². The number of amides is 4. The number of thiol groups is 2. The Morgan fingerprint density at radius 2 is 1.28 bits per heavy atom. The van der Waals surface area contributed by atoms with E-state index in [4.69, 9.17) is 16.6 Å². The fourth-order valence-electron chi connectivity index (χ4n) is 2.23. The predicted molar refractivity (Wildman–Crippen MR) is 112 cm³/mol. The van der Waals surface area contributed by atoms with Gasteiger partial charge in [0.25, 0.3) is 0 Å². The van der Waals surface area contributed by atoms with E-state index in [0.29, 0.717) is 6.42 Å². The van der Waals surface area contributed by atoms with Crippen LogP contribution in [-0.4, -0.2) is 70.4 Å². The SMILES string of the molecule is CC(C)CC(N)C(=O)NC(CS)C(=O)NC(CS)C(=O)NC(CC(N)=O)C(=O)O. The topological polar surface area (TPSA) is 194 Å². The van der Waals surface area contributed by atoms with Gasteiger partial charge in [0.2, 0.25) is 23.6 Å². The zero-order valence-corrected chi connectivity index (χ0v) is 18.0. The lowest BCUT2D eigenvalue weighted by atomic mass is 10.0. The van der Waals surface area contributed by atoms with Crippen molar-refractivity contribution in [2.75, 3.05) is 11.5 Å². The second-order valence-electron chi connectivity index (χ2n) is 6.79. The Bertz CT molecular complexity index is 619. The van der Waals surface area contributed by atoms with Crippen molar-refractivity contribution in [1.29, 1.82) is 0 Å². The molecule has 0 aromatic heterocycles. The summed E-state index contributed by atoms with van der Waals surface area (Å²) in [5.74, 6) is -4.55. The third-order valence-corrected chi connectivity index (χ3v) is 4.44. The van der Waals surface area contributed by atoms with Gasteiger partial charge in [0.15, 0.2) is 0 Å². The van der Waals surface area contributed by atoms with E-state index in [1.165, 1.54) is 0 Å². The molecule has 0 rings (SSSR count). The second kappa shape index (κ2) is 13.3. The van der Waals surface area contributed by atoms with Gasteiger partial charge in [-0.1, -0.05) is 13.8 Å². The van der Waals surface area contributed by atoms with Gasteiger partial charge in [0, 0.05) is 11.5 Å². The molecule has 11 nitrogen and oxygen atoms in total. The summed E-state index contributed by atoms with van der Waals surface area (Å²) in [5, 5.41) is 16.0. The maximum Gasteiger partial charge on any atom is 0.326 e. The van der Waals surface area contributed by atoms with E-state index in [1.54, 1.807) is 0 Å². The van der Waals surface area contributed by atoms with E-state index in [2.05, 4.69) is 41.2 Å². The highest BCUT2D eigenvalue weighted by molar-refractivity contribution is 7.80. The second-order valence-corrected chi connectivity index (χ2v) is 7.52. The monoisotopic (exact) mass is 451 g/mol. The first-order chi connectivity index (χ1) is 13.4. The largest absolute Gasteiger partial charge is 0.480 e. The number of hydrogen-bond acceptors (Lipinski definition) is 8. The molecular weight excluding hydrogens is 422 g/mol. The Morgan fingerprint density at radius 3 is 1.62 bits per heavy atom. The summed E-state index contributed by atoms with van der Waals surface area (Å²) in [6.07, 6.45) is -0.192. The van der Waals surface area contributed by atoms with Crippen LogP contribution in [0.1, 0.15) is 26.7 Å². The predicted octanol–water partition coefficient (Wildman–Crippen LogP) is -2.37. The Hall–Kier alpha value is -1.99. The number of aliphatic carboxylic acids is 1. The minimum Gasteiger partial charge on any atom is -0.480 e. The van der Waals surface area contributed by atoms with Crippen LogP contribution in [0.3, 0.4) is 0 Å². The summed E-state index contributed by atoms with van der Waals surface area (Å²) in [5.41, 5.74) is 10.7. The molecule has 0 bridgehead atoms. The lowest BCUT2D eigenvalue weighted by Gasteiger charge is -2.23. The van der Waals surface area contributed by atoms with Gasteiger partial charge in [-0.2, -0.15) is 25.3 Å². The van der Waals surface area contributed by atoms with Gasteiger partial charge >= 0.3 is 5.97 Å². The molecule has 0 aromatic rings. The van der Waals surface area contributed by atoms with Crippen molar-refractivity contribution in [3.63, 3.8) is 0 Å². The number of nitrogens with one attached hydrogen (secondary N) is 3. The molecule has 0 radical (unpaired) electrons. The van der Waals surface area contributed by atoms with Crippen LogP contribution in [0.2, 0.25) is 0 Å². The van der Waals surface area contributed by atoms with E-state index in [-0.39, 0.29) is 17.4 Å². The highest BCUT2D eigenvalue weighted by Crippen LogP contribution is 2.04. The van der Waals surface area contributed by atoms with Gasteiger partial charge in [-0.15, -0.1) is 0 Å². The maximum absolute atomic E-state index is 12.4. The van der Waals surface area contributed by atoms with Gasteiger partial charge in [-0.25, -0.2) is 4.79 Å². The third kappa shape index (κ3) is 10.4. The Kier molecular flexibility index (Phi) is 12.4. The van der Waals surface area contributed by atoms with E-state index in [1.807, 2.05) is 13.8 Å². The number of carbonyl (C=O) groups excluding carboxylic acids is 4. The lowest BCUT2D eigenvalue weighted by Crippen LogP contribution is -2.58. The molecule has 0 aliphatic heterocycles. The quantitative estimate of drug-likeness (QED) is 0.143. The van der Waals surface area contributed by atoms with Crippen LogP contribution < -0.4 is 27.4 Å². The Morgan fingerprint density at radius 1 is 0.862 bits per heavy atom. The highest BCUT2D eigenvalue weighted by atomic mass is 32.1. The molecule has 166 valence electrons. The number of carbonyl (C=O) groups is 5. The van der Waals surface area contributed by atoms with E-state index < -0.39 is 60.2 Å². The first kappa shape index (κ1) is 27.0. The number of carboxylic acid groups (broad SMARTS) is 1. The van der Waals surface area contributed by atoms with Crippen molar-refractivity contribution in [3.8, 4) is 0 Å². The van der Waals surface area contributed by atoms with Crippen molar-refractivity contribution < 1.29 is 29.1 Å². The van der Waals surface area contributed by atoms with Gasteiger partial charge < -0.3 is 32.5 Å². The number of carboxylic acids is 1. The van der Waals surface area contributed by atoms with E-state index in [0.717, 1.165) is 0 Å². The maximum atomic E-state index is 12.4. The standard InChI is InChI=1S/C16H29N5O6S2/c1-7(2)3-8(17)13(23)20-10(5-28)15(25)21-11(6-29)14(24)19-9(16(26)27)4-12(18)22/h7-11,28-29H,3-6,17H2,1-2H3,(H2,18,22)(H,19,24)(H,20,23)(H,21,25)(H,26,27). The average molecular weight is 452 g/mol. The molecule has 0 saturated carbocycles. The molecule has 0 fully saturated rings. The molecule has 0 heterocycles. The van der Waals surface area contributed by atoms with E-state index in [9.17, 15) is 24.0 Å². The molecule has 13 heteroatoms. The smallest absolute Gasteiger partial charge is 0.326 e. The molecular formula is C16H29N5O6S2. The zero-order chi connectivity index (χ0) is 22.7. The zero-order valence-electron chi connectivity index (χ0n) is 16.3. The fourth-order valence-corrected chi connectivity index (χ4v) is 2.74. The normalized spacial score (nSPS) is 15.0. The summed E-state index contributed by atoms with van der Waals surface area (Å²) in [6, 6.07) is -4.64. The first-order valence-corrected chi connectivity index (χ1v) is 10.1. The fraction of sp³-hybridized carbons (Fsp3) is 0.688. The molecule has 0 aliphatic carbocycles. The average Bonchev–Trinajstić information content (AvgIpc) is 2.61. The molecule has 8 N–H and O–H groups in total. The molecule has 0 spiro atoms. The number of rotatable bonds is 13. The van der Waals surface area contributed by atoms with Crippen LogP contribution in [-0.2, 0) is 24.0 Å². The van der Waals surface area contributed by atoms with Gasteiger partial charge in [0.05, 0.1) is 12.5 Å². The van der Waals surface area contributed by atoms with Crippen molar-refractivity contribution >= 4 is 54.9 Å². The number of hydrogen-bond donors (Lipinski definition) is 8. The van der Waals surface area contributed by atoms with Crippen molar-refractivity contribution in [1.82, 2.24) is 16.0 Å². The summed E-state index contributed by atoms with van der Waals surface area (Å²) < 4.78 is 0. The van der Waals surface area contributed by atoms with Crippen LogP contribution >= 0.6 is 25.3 Å². The lowest BCUT2D eigenvalue weighted by molar-refractivity contribution is -0.143. The van der Waals surface area contributed by atoms with Gasteiger partial charge in [-0.3, -0.25) is 19.2 Å². The van der Waals surface area contributed by atoms with Gasteiger partial charge in [-0.05, 0) is 12.3 Å². The van der Waals surface area contributed by atoms with E-state index >= 15 is 0 Å². The van der Waals surface area contributed by atoms with Crippen LogP contribution in [0.15, 0.2) is 0 Å². The molecule has 0 aliphatic rings. The third-order valence-electron chi connectivity index (χ3n) is 3.71. The summed E-state index contributed by atoms with van der Waals surface area (Å²) in [6.45, 7) is 3.79. The Balaban J connectivity index is 5.00. The molecule has 0 saturated heterocycles. The molecule has 4 atom stereocenters. The van der Waals surface area contributed by atoms with Crippen LogP contribution in [0.25, 0.3) is 0 Å². The van der Waals surface area contributed by atoms with Crippen LogP contribution in [0.4, 0.5) is 0 Å². The summed E-state index contributed by atoms with van der Waals surface area (Å²) >= 11 is 8.00. The highest BCUT2D eigenvalue weighted by Gasteiger charge is 2.29. The minimum absolute atomic E-state index is 0.0632. The molecule has 4 unspecified atom stereocenters. The number of primary amides is 1. The molecule has 29 heavy (non-hydrogen) atoms. The van der Waals surface area contributed by atoms with Crippen LogP contribution in [0.5, 0.6) is 0 Å². The summed E-state index contributed by atoms with van der Waals surface area (Å²) in [7, 11) is 0. The van der Waals surface area contributed by atoms with Crippen LogP contribution in [0, 0.1) is 5.92 Å². The number of nitrogens with two attached hydrogens (primary N) is 2. The first-order valence-electron chi connectivity index (χ1n) is 8.82. The molecule has 0 aromatic carbocycles. The van der Waals surface area contributed by atoms with Crippen molar-refractivity contribution in [2.24, 2.45) is 17.4 Å². The van der Waals surface area contributed by atoms with Gasteiger partial charge in [0.1, 0.15) is 18.1 Å². The van der Waals surface area contributed by atoms with Crippen molar-refractivity contribution in [3.05, 3.63) is 0 Å². The molecule has 4 amide bonds. The minimum atomic E-state index is -1.55. The Labute approximate surface area is 179 Å².